The molecule has 2 unspecified atom stereocenters. The molecule has 0 bridgehead atoms. The van der Waals surface area contributed by atoms with E-state index in [0.29, 0.717) is 11.8 Å². The molecule has 1 aliphatic carbocycles. The molecule has 0 aromatic heterocycles. The lowest BCUT2D eigenvalue weighted by atomic mass is 10.1. The van der Waals surface area contributed by atoms with Crippen molar-refractivity contribution >= 4 is 9.84 Å². The lowest BCUT2D eigenvalue weighted by Gasteiger charge is -2.00. The van der Waals surface area contributed by atoms with Gasteiger partial charge in [-0.2, -0.15) is 0 Å². The highest BCUT2D eigenvalue weighted by atomic mass is 32.2. The van der Waals surface area contributed by atoms with Crippen molar-refractivity contribution in [1.82, 2.24) is 0 Å². The van der Waals surface area contributed by atoms with E-state index in [2.05, 4.69) is 13.8 Å². The average Bonchev–Trinajstić information content (AvgIpc) is 2.35. The molecule has 0 saturated heterocycles. The molecular formula is C7H14O2S. The molecule has 0 heterocycles. The van der Waals surface area contributed by atoms with Crippen LogP contribution in [0.4, 0.5) is 0 Å². The fraction of sp³-hybridized carbons (Fsp3) is 1.00. The Morgan fingerprint density at radius 3 is 2.00 bits per heavy atom. The topological polar surface area (TPSA) is 34.1 Å². The van der Waals surface area contributed by atoms with Gasteiger partial charge in [-0.3, -0.25) is 0 Å². The Hall–Kier alpha value is -0.0500. The van der Waals surface area contributed by atoms with Crippen LogP contribution in [0.1, 0.15) is 20.3 Å². The fourth-order valence-corrected chi connectivity index (χ4v) is 2.90. The molecule has 0 spiro atoms. The molecule has 0 aromatic rings. The number of hydrogen-bond donors (Lipinski definition) is 0. The van der Waals surface area contributed by atoms with Crippen molar-refractivity contribution in [3.63, 3.8) is 0 Å². The minimum atomic E-state index is -2.72. The molecule has 1 aliphatic rings. The van der Waals surface area contributed by atoms with Crippen LogP contribution in [0.5, 0.6) is 0 Å². The highest BCUT2D eigenvalue weighted by Crippen LogP contribution is 2.42. The number of rotatable bonds is 2. The third-order valence-corrected chi connectivity index (χ3v) is 3.83. The Bertz CT molecular complexity index is 216. The summed E-state index contributed by atoms with van der Waals surface area (Å²) >= 11 is 0. The molecule has 2 atom stereocenters. The van der Waals surface area contributed by atoms with Crippen LogP contribution in [0.2, 0.25) is 0 Å². The molecular weight excluding hydrogens is 148 g/mol. The van der Waals surface area contributed by atoms with Crippen molar-refractivity contribution in [3.05, 3.63) is 0 Å². The minimum absolute atomic E-state index is 0.0208. The zero-order valence-corrected chi connectivity index (χ0v) is 7.48. The van der Waals surface area contributed by atoms with Gasteiger partial charge in [0.1, 0.15) is 0 Å². The van der Waals surface area contributed by atoms with Gasteiger partial charge in [-0.25, -0.2) is 8.42 Å². The smallest absolute Gasteiger partial charge is 0.150 e. The maximum Gasteiger partial charge on any atom is 0.150 e. The summed E-state index contributed by atoms with van der Waals surface area (Å²) in [7, 11) is -2.72. The maximum atomic E-state index is 10.9. The second-order valence-electron chi connectivity index (χ2n) is 3.51. The first-order valence-electron chi connectivity index (χ1n) is 3.62. The first-order valence-corrected chi connectivity index (χ1v) is 5.57. The summed E-state index contributed by atoms with van der Waals surface area (Å²) in [6.45, 7) is 4.16. The van der Waals surface area contributed by atoms with Crippen LogP contribution in [0.25, 0.3) is 0 Å². The van der Waals surface area contributed by atoms with E-state index in [0.717, 1.165) is 6.42 Å². The van der Waals surface area contributed by atoms with Crippen LogP contribution in [0, 0.1) is 11.8 Å². The van der Waals surface area contributed by atoms with Crippen LogP contribution >= 0.6 is 0 Å². The molecule has 2 nitrogen and oxygen atoms in total. The Kier molecular flexibility index (Phi) is 1.79. The van der Waals surface area contributed by atoms with Crippen molar-refractivity contribution in [2.45, 2.75) is 25.5 Å². The molecule has 10 heavy (non-hydrogen) atoms. The van der Waals surface area contributed by atoms with Crippen LogP contribution < -0.4 is 0 Å². The van der Waals surface area contributed by atoms with E-state index in [1.54, 1.807) is 0 Å². The first-order chi connectivity index (χ1) is 4.43. The van der Waals surface area contributed by atoms with Crippen LogP contribution in [0.15, 0.2) is 0 Å². The van der Waals surface area contributed by atoms with Gasteiger partial charge in [-0.1, -0.05) is 13.8 Å². The van der Waals surface area contributed by atoms with Gasteiger partial charge < -0.3 is 0 Å². The standard InChI is InChI=1S/C7H14O2S/c1-5(2)6-4-7(6)10(3,8)9/h5-7H,4H2,1-3H3. The molecule has 0 N–H and O–H groups in total. The summed E-state index contributed by atoms with van der Waals surface area (Å²) in [5.41, 5.74) is 0. The van der Waals surface area contributed by atoms with E-state index in [9.17, 15) is 8.42 Å². The lowest BCUT2D eigenvalue weighted by molar-refractivity contribution is 0.551. The van der Waals surface area contributed by atoms with Gasteiger partial charge in [-0.15, -0.1) is 0 Å². The van der Waals surface area contributed by atoms with E-state index in [1.807, 2.05) is 0 Å². The Morgan fingerprint density at radius 2 is 1.90 bits per heavy atom. The fourth-order valence-electron chi connectivity index (χ4n) is 1.38. The third kappa shape index (κ3) is 1.51. The summed E-state index contributed by atoms with van der Waals surface area (Å²) in [5, 5.41) is -0.0208. The number of sulfone groups is 1. The monoisotopic (exact) mass is 162 g/mol. The van der Waals surface area contributed by atoms with Gasteiger partial charge >= 0.3 is 0 Å². The normalized spacial score (nSPS) is 32.8. The third-order valence-electron chi connectivity index (χ3n) is 2.19. The summed E-state index contributed by atoms with van der Waals surface area (Å²) in [6, 6.07) is 0. The molecule has 1 fully saturated rings. The van der Waals surface area contributed by atoms with Crippen molar-refractivity contribution < 1.29 is 8.42 Å². The zero-order valence-electron chi connectivity index (χ0n) is 6.66. The van der Waals surface area contributed by atoms with Gasteiger partial charge in [-0.05, 0) is 18.3 Å². The Balaban J connectivity index is 2.55. The van der Waals surface area contributed by atoms with Crippen molar-refractivity contribution in [2.75, 3.05) is 6.26 Å². The average molecular weight is 162 g/mol. The van der Waals surface area contributed by atoms with E-state index in [4.69, 9.17) is 0 Å². The van der Waals surface area contributed by atoms with Crippen molar-refractivity contribution in [2.24, 2.45) is 11.8 Å². The summed E-state index contributed by atoms with van der Waals surface area (Å²) in [5.74, 6) is 0.967. The maximum absolute atomic E-state index is 10.9. The summed E-state index contributed by atoms with van der Waals surface area (Å²) in [6.07, 6.45) is 2.22. The van der Waals surface area contributed by atoms with E-state index < -0.39 is 9.84 Å². The van der Waals surface area contributed by atoms with Crippen LogP contribution in [0.3, 0.4) is 0 Å². The van der Waals surface area contributed by atoms with E-state index >= 15 is 0 Å². The molecule has 0 aromatic carbocycles. The largest absolute Gasteiger partial charge is 0.229 e. The molecule has 60 valence electrons. The molecule has 3 heteroatoms. The molecule has 0 amide bonds. The first kappa shape index (κ1) is 8.05. The zero-order chi connectivity index (χ0) is 7.94. The van der Waals surface area contributed by atoms with Crippen molar-refractivity contribution in [3.8, 4) is 0 Å². The minimum Gasteiger partial charge on any atom is -0.229 e. The second-order valence-corrected chi connectivity index (χ2v) is 5.78. The van der Waals surface area contributed by atoms with Gasteiger partial charge in [0.25, 0.3) is 0 Å². The van der Waals surface area contributed by atoms with E-state index in [-0.39, 0.29) is 5.25 Å². The van der Waals surface area contributed by atoms with Gasteiger partial charge in [0.05, 0.1) is 5.25 Å². The van der Waals surface area contributed by atoms with Crippen molar-refractivity contribution in [1.29, 1.82) is 0 Å². The molecule has 0 aliphatic heterocycles. The Labute approximate surface area is 62.5 Å². The summed E-state index contributed by atoms with van der Waals surface area (Å²) in [4.78, 5) is 0. The SMILES string of the molecule is CC(C)C1CC1S(C)(=O)=O. The second kappa shape index (κ2) is 2.22. The van der Waals surface area contributed by atoms with Gasteiger partial charge in [0.2, 0.25) is 0 Å². The molecule has 1 rings (SSSR count). The highest BCUT2D eigenvalue weighted by molar-refractivity contribution is 7.91. The van der Waals surface area contributed by atoms with Gasteiger partial charge in [0.15, 0.2) is 9.84 Å². The highest BCUT2D eigenvalue weighted by Gasteiger charge is 2.46. The quantitative estimate of drug-likeness (QED) is 0.608. The van der Waals surface area contributed by atoms with Crippen LogP contribution in [-0.4, -0.2) is 19.9 Å². The predicted molar refractivity (Wildman–Crippen MR) is 41.6 cm³/mol. The predicted octanol–water partition coefficient (Wildman–Crippen LogP) is 1.08. The summed E-state index contributed by atoms with van der Waals surface area (Å²) < 4.78 is 21.8. The lowest BCUT2D eigenvalue weighted by Crippen LogP contribution is -2.08. The van der Waals surface area contributed by atoms with Crippen LogP contribution in [-0.2, 0) is 9.84 Å². The number of hydrogen-bond acceptors (Lipinski definition) is 2. The molecule has 1 saturated carbocycles. The molecule has 0 radical (unpaired) electrons. The van der Waals surface area contributed by atoms with E-state index in [1.165, 1.54) is 6.26 Å². The Morgan fingerprint density at radius 1 is 1.40 bits per heavy atom. The van der Waals surface area contributed by atoms with Gasteiger partial charge in [0, 0.05) is 6.26 Å².